The first-order valence-electron chi connectivity index (χ1n) is 7.60. The fraction of sp³-hybridized carbons (Fsp3) is 1.00. The van der Waals surface area contributed by atoms with E-state index in [1.807, 2.05) is 0 Å². The van der Waals surface area contributed by atoms with Crippen molar-refractivity contribution in [2.75, 3.05) is 20.6 Å². The summed E-state index contributed by atoms with van der Waals surface area (Å²) in [4.78, 5) is 2.57. The van der Waals surface area contributed by atoms with Crippen molar-refractivity contribution >= 4 is 0 Å². The molecule has 0 aliphatic heterocycles. The van der Waals surface area contributed by atoms with Crippen LogP contribution in [0.25, 0.3) is 0 Å². The van der Waals surface area contributed by atoms with Crippen molar-refractivity contribution in [3.05, 3.63) is 0 Å². The van der Waals surface area contributed by atoms with Gasteiger partial charge in [-0.15, -0.1) is 0 Å². The Labute approximate surface area is 108 Å². The van der Waals surface area contributed by atoms with Crippen LogP contribution in [0, 0.1) is 5.92 Å². The molecule has 1 N–H and O–H groups in total. The van der Waals surface area contributed by atoms with E-state index in [4.69, 9.17) is 0 Å². The topological polar surface area (TPSA) is 15.3 Å². The molecule has 0 aromatic heterocycles. The lowest BCUT2D eigenvalue weighted by molar-refractivity contribution is 0.167. The lowest BCUT2D eigenvalue weighted by Gasteiger charge is -2.35. The first kappa shape index (κ1) is 15.0. The van der Waals surface area contributed by atoms with E-state index < -0.39 is 0 Å². The van der Waals surface area contributed by atoms with Gasteiger partial charge < -0.3 is 10.2 Å². The monoisotopic (exact) mass is 240 g/mol. The van der Waals surface area contributed by atoms with Gasteiger partial charge in [0, 0.05) is 18.6 Å². The zero-order valence-electron chi connectivity index (χ0n) is 12.3. The average Bonchev–Trinajstić information content (AvgIpc) is 2.38. The van der Waals surface area contributed by atoms with Gasteiger partial charge in [-0.25, -0.2) is 0 Å². The van der Waals surface area contributed by atoms with Crippen LogP contribution in [0.4, 0.5) is 0 Å². The molecule has 1 fully saturated rings. The summed E-state index contributed by atoms with van der Waals surface area (Å²) in [5.74, 6) is 0.908. The van der Waals surface area contributed by atoms with Gasteiger partial charge in [-0.2, -0.15) is 0 Å². The SMILES string of the molecule is CCC(CC)N(C)CC(NC)C1CCCCC1. The number of nitrogens with zero attached hydrogens (tertiary/aromatic N) is 1. The fourth-order valence-corrected chi connectivity index (χ4v) is 3.38. The highest BCUT2D eigenvalue weighted by Crippen LogP contribution is 2.27. The van der Waals surface area contributed by atoms with Gasteiger partial charge >= 0.3 is 0 Å². The lowest BCUT2D eigenvalue weighted by Crippen LogP contribution is -2.46. The number of hydrogen-bond acceptors (Lipinski definition) is 2. The number of rotatable bonds is 7. The molecule has 1 aliphatic rings. The normalized spacial score (nSPS) is 20.1. The van der Waals surface area contributed by atoms with Gasteiger partial charge in [-0.05, 0) is 45.7 Å². The Kier molecular flexibility index (Phi) is 7.14. The van der Waals surface area contributed by atoms with E-state index in [1.54, 1.807) is 0 Å². The van der Waals surface area contributed by atoms with E-state index >= 15 is 0 Å². The van der Waals surface area contributed by atoms with E-state index in [9.17, 15) is 0 Å². The van der Waals surface area contributed by atoms with Gasteiger partial charge in [0.1, 0.15) is 0 Å². The molecular formula is C15H32N2. The summed E-state index contributed by atoms with van der Waals surface area (Å²) in [6.45, 7) is 5.83. The van der Waals surface area contributed by atoms with E-state index in [0.29, 0.717) is 6.04 Å². The third kappa shape index (κ3) is 4.59. The van der Waals surface area contributed by atoms with Crippen molar-refractivity contribution in [3.8, 4) is 0 Å². The third-order valence-corrected chi connectivity index (χ3v) is 4.64. The quantitative estimate of drug-likeness (QED) is 0.735. The average molecular weight is 240 g/mol. The molecule has 1 atom stereocenters. The summed E-state index contributed by atoms with van der Waals surface area (Å²) >= 11 is 0. The zero-order chi connectivity index (χ0) is 12.7. The van der Waals surface area contributed by atoms with Gasteiger partial charge in [0.25, 0.3) is 0 Å². The van der Waals surface area contributed by atoms with E-state index in [-0.39, 0.29) is 0 Å². The molecule has 2 heteroatoms. The first-order valence-corrected chi connectivity index (χ1v) is 7.60. The largest absolute Gasteiger partial charge is 0.315 e. The molecule has 0 heterocycles. The van der Waals surface area contributed by atoms with Crippen molar-refractivity contribution < 1.29 is 0 Å². The predicted octanol–water partition coefficient (Wildman–Crippen LogP) is 3.28. The Morgan fingerprint density at radius 3 is 2.18 bits per heavy atom. The van der Waals surface area contributed by atoms with Gasteiger partial charge in [-0.1, -0.05) is 33.1 Å². The van der Waals surface area contributed by atoms with Crippen molar-refractivity contribution in [3.63, 3.8) is 0 Å². The molecule has 1 rings (SSSR count). The Morgan fingerprint density at radius 1 is 1.12 bits per heavy atom. The minimum Gasteiger partial charge on any atom is -0.315 e. The summed E-state index contributed by atoms with van der Waals surface area (Å²) in [6, 6.07) is 1.45. The number of nitrogens with one attached hydrogen (secondary N) is 1. The Bertz CT molecular complexity index is 183. The molecule has 0 aromatic rings. The molecule has 1 aliphatic carbocycles. The second-order valence-corrected chi connectivity index (χ2v) is 5.70. The summed E-state index contributed by atoms with van der Waals surface area (Å²) in [5, 5.41) is 3.56. The third-order valence-electron chi connectivity index (χ3n) is 4.64. The molecule has 0 amide bonds. The van der Waals surface area contributed by atoms with E-state index in [0.717, 1.165) is 12.0 Å². The highest BCUT2D eigenvalue weighted by atomic mass is 15.1. The minimum absolute atomic E-state index is 0.695. The summed E-state index contributed by atoms with van der Waals surface area (Å²) in [7, 11) is 4.44. The maximum Gasteiger partial charge on any atom is 0.0220 e. The van der Waals surface area contributed by atoms with E-state index in [2.05, 4.69) is 38.2 Å². The van der Waals surface area contributed by atoms with Crippen LogP contribution in [-0.4, -0.2) is 37.6 Å². The molecule has 1 saturated carbocycles. The number of likely N-dealkylation sites (N-methyl/N-ethyl adjacent to an activating group) is 2. The van der Waals surface area contributed by atoms with Gasteiger partial charge in [0.05, 0.1) is 0 Å². The molecule has 2 nitrogen and oxygen atoms in total. The van der Waals surface area contributed by atoms with Gasteiger partial charge in [-0.3, -0.25) is 0 Å². The van der Waals surface area contributed by atoms with Crippen LogP contribution >= 0.6 is 0 Å². The van der Waals surface area contributed by atoms with Crippen LogP contribution in [0.5, 0.6) is 0 Å². The van der Waals surface area contributed by atoms with E-state index in [1.165, 1.54) is 51.5 Å². The molecule has 0 spiro atoms. The van der Waals surface area contributed by atoms with Crippen molar-refractivity contribution in [1.82, 2.24) is 10.2 Å². The van der Waals surface area contributed by atoms with Gasteiger partial charge in [0.15, 0.2) is 0 Å². The molecule has 0 saturated heterocycles. The highest BCUT2D eigenvalue weighted by Gasteiger charge is 2.24. The van der Waals surface area contributed by atoms with Crippen LogP contribution in [0.3, 0.4) is 0 Å². The standard InChI is InChI=1S/C15H32N2/c1-5-14(6-2)17(4)12-15(16-3)13-10-8-7-9-11-13/h13-16H,5-12H2,1-4H3. The summed E-state index contributed by atoms with van der Waals surface area (Å²) < 4.78 is 0. The Morgan fingerprint density at radius 2 is 1.71 bits per heavy atom. The smallest absolute Gasteiger partial charge is 0.0220 e. The van der Waals surface area contributed by atoms with Crippen LogP contribution < -0.4 is 5.32 Å². The Balaban J connectivity index is 2.44. The number of hydrogen-bond donors (Lipinski definition) is 1. The molecule has 17 heavy (non-hydrogen) atoms. The highest BCUT2D eigenvalue weighted by molar-refractivity contribution is 4.82. The maximum atomic E-state index is 3.56. The maximum absolute atomic E-state index is 3.56. The molecule has 0 radical (unpaired) electrons. The second-order valence-electron chi connectivity index (χ2n) is 5.70. The first-order chi connectivity index (χ1) is 8.22. The van der Waals surface area contributed by atoms with Crippen LogP contribution in [-0.2, 0) is 0 Å². The molecule has 1 unspecified atom stereocenters. The van der Waals surface area contributed by atoms with Crippen LogP contribution in [0.15, 0.2) is 0 Å². The fourth-order valence-electron chi connectivity index (χ4n) is 3.38. The summed E-state index contributed by atoms with van der Waals surface area (Å²) in [6.07, 6.45) is 9.75. The molecule has 102 valence electrons. The zero-order valence-corrected chi connectivity index (χ0v) is 12.3. The van der Waals surface area contributed by atoms with Crippen molar-refractivity contribution in [2.24, 2.45) is 5.92 Å². The van der Waals surface area contributed by atoms with Gasteiger partial charge in [0.2, 0.25) is 0 Å². The summed E-state index contributed by atoms with van der Waals surface area (Å²) in [5.41, 5.74) is 0. The van der Waals surface area contributed by atoms with Crippen molar-refractivity contribution in [2.45, 2.75) is 70.9 Å². The second kappa shape index (κ2) is 8.10. The molecule has 0 aromatic carbocycles. The van der Waals surface area contributed by atoms with Crippen LogP contribution in [0.1, 0.15) is 58.8 Å². The molecule has 0 bridgehead atoms. The van der Waals surface area contributed by atoms with Crippen LogP contribution in [0.2, 0.25) is 0 Å². The lowest BCUT2D eigenvalue weighted by atomic mass is 9.83. The van der Waals surface area contributed by atoms with Crippen molar-refractivity contribution in [1.29, 1.82) is 0 Å². The minimum atomic E-state index is 0.695. The molecular weight excluding hydrogens is 208 g/mol. The predicted molar refractivity (Wildman–Crippen MR) is 76.4 cm³/mol. The Hall–Kier alpha value is -0.0800.